The van der Waals surface area contributed by atoms with Crippen LogP contribution in [0, 0.1) is 17.0 Å². The maximum absolute atomic E-state index is 12.2. The highest BCUT2D eigenvalue weighted by atomic mass is 35.5. The summed E-state index contributed by atoms with van der Waals surface area (Å²) in [6.45, 7) is 1.96. The summed E-state index contributed by atoms with van der Waals surface area (Å²) in [5.74, 6) is -0.289. The molecule has 0 fully saturated rings. The van der Waals surface area contributed by atoms with Gasteiger partial charge in [0, 0.05) is 22.9 Å². The van der Waals surface area contributed by atoms with Crippen LogP contribution in [0.1, 0.15) is 11.1 Å². The fourth-order valence-electron chi connectivity index (χ4n) is 2.90. The Bertz CT molecular complexity index is 1280. The third-order valence-electron chi connectivity index (χ3n) is 4.33. The molecule has 0 N–H and O–H groups in total. The predicted octanol–water partition coefficient (Wildman–Crippen LogP) is 5.19. The molecular weight excluding hydrogens is 394 g/mol. The van der Waals surface area contributed by atoms with E-state index >= 15 is 0 Å². The lowest BCUT2D eigenvalue weighted by atomic mass is 10.1. The Hall–Kier alpha value is -3.71. The highest BCUT2D eigenvalue weighted by Gasteiger charge is 2.12. The molecule has 0 aliphatic heterocycles. The minimum absolute atomic E-state index is 0.0343. The molecule has 4 aromatic rings. The Morgan fingerprint density at radius 1 is 1.17 bits per heavy atom. The fourth-order valence-corrected chi connectivity index (χ4v) is 3.13. The van der Waals surface area contributed by atoms with Crippen molar-refractivity contribution in [3.05, 3.63) is 80.9 Å². The van der Waals surface area contributed by atoms with Crippen molar-refractivity contribution in [2.24, 2.45) is 4.99 Å². The Morgan fingerprint density at radius 2 is 1.97 bits per heavy atom. The molecule has 0 saturated heterocycles. The zero-order chi connectivity index (χ0) is 20.5. The Morgan fingerprint density at radius 3 is 2.72 bits per heavy atom. The Balaban J connectivity index is 1.69. The second kappa shape index (κ2) is 7.37. The van der Waals surface area contributed by atoms with Gasteiger partial charge in [-0.1, -0.05) is 29.8 Å². The molecule has 1 aromatic heterocycles. The number of para-hydroxylation sites is 1. The molecule has 3 aromatic carbocycles. The lowest BCUT2D eigenvalue weighted by molar-refractivity contribution is -0.398. The predicted molar refractivity (Wildman–Crippen MR) is 109 cm³/mol. The quantitative estimate of drug-likeness (QED) is 0.263. The second-order valence-corrected chi connectivity index (χ2v) is 6.79. The first kappa shape index (κ1) is 18.6. The van der Waals surface area contributed by atoms with Crippen molar-refractivity contribution in [2.75, 3.05) is 0 Å². The number of fused-ring (bicyclic) bond motifs is 1. The van der Waals surface area contributed by atoms with E-state index in [1.54, 1.807) is 18.2 Å². The van der Waals surface area contributed by atoms with Gasteiger partial charge in [-0.25, -0.2) is 4.98 Å². The van der Waals surface area contributed by atoms with E-state index in [4.69, 9.17) is 16.0 Å². The van der Waals surface area contributed by atoms with Gasteiger partial charge in [0.05, 0.1) is 10.6 Å². The van der Waals surface area contributed by atoms with E-state index in [0.29, 0.717) is 17.2 Å². The van der Waals surface area contributed by atoms with Crippen LogP contribution in [0.4, 0.5) is 11.4 Å². The molecule has 0 radical (unpaired) electrons. The van der Waals surface area contributed by atoms with Gasteiger partial charge in [-0.2, -0.15) is 0 Å². The zero-order valence-electron chi connectivity index (χ0n) is 15.1. The van der Waals surface area contributed by atoms with Crippen molar-refractivity contribution in [2.45, 2.75) is 6.92 Å². The summed E-state index contributed by atoms with van der Waals surface area (Å²) in [5, 5.41) is 23.3. The van der Waals surface area contributed by atoms with E-state index < -0.39 is 16.4 Å². The largest absolute Gasteiger partial charge is 0.867 e. The first-order valence-electron chi connectivity index (χ1n) is 8.58. The van der Waals surface area contributed by atoms with Crippen LogP contribution in [0.15, 0.2) is 64.0 Å². The molecule has 0 aliphatic carbocycles. The van der Waals surface area contributed by atoms with Crippen LogP contribution < -0.4 is 5.11 Å². The minimum Gasteiger partial charge on any atom is -0.867 e. The van der Waals surface area contributed by atoms with Crippen LogP contribution in [-0.4, -0.2) is 16.1 Å². The first-order chi connectivity index (χ1) is 13.9. The SMILES string of the molecule is Cc1cccc2oc(-c3cccc(N=Cc4cc(Cl)cc([N+](=O)[O-])c4[O-])c3)nc12. The monoisotopic (exact) mass is 406 g/mol. The lowest BCUT2D eigenvalue weighted by Gasteiger charge is -2.10. The number of oxazole rings is 1. The summed E-state index contributed by atoms with van der Waals surface area (Å²) in [6, 6.07) is 15.2. The summed E-state index contributed by atoms with van der Waals surface area (Å²) in [4.78, 5) is 19.0. The van der Waals surface area contributed by atoms with Crippen molar-refractivity contribution in [1.82, 2.24) is 4.98 Å². The van der Waals surface area contributed by atoms with Crippen LogP contribution in [-0.2, 0) is 0 Å². The van der Waals surface area contributed by atoms with E-state index in [1.165, 1.54) is 12.3 Å². The standard InChI is InChI=1S/C21H14ClN3O4/c1-12-4-2-7-18-19(12)24-21(29-18)13-5-3-6-16(9-13)23-11-14-8-15(22)10-17(20(14)26)25(27)28/h2-11,26H,1H3/p-1. The smallest absolute Gasteiger partial charge is 0.263 e. The number of hydrogen-bond acceptors (Lipinski definition) is 6. The molecule has 144 valence electrons. The van der Waals surface area contributed by atoms with Gasteiger partial charge in [-0.3, -0.25) is 15.1 Å². The van der Waals surface area contributed by atoms with Gasteiger partial charge in [-0.05, 0) is 54.1 Å². The van der Waals surface area contributed by atoms with Crippen LogP contribution >= 0.6 is 11.6 Å². The third-order valence-corrected chi connectivity index (χ3v) is 4.54. The average molecular weight is 407 g/mol. The molecule has 29 heavy (non-hydrogen) atoms. The highest BCUT2D eigenvalue weighted by Crippen LogP contribution is 2.31. The van der Waals surface area contributed by atoms with Crippen molar-refractivity contribution in [3.63, 3.8) is 0 Å². The van der Waals surface area contributed by atoms with E-state index in [-0.39, 0.29) is 10.6 Å². The number of hydrogen-bond donors (Lipinski definition) is 0. The molecule has 0 bridgehead atoms. The van der Waals surface area contributed by atoms with Gasteiger partial charge < -0.3 is 9.52 Å². The Kier molecular flexibility index (Phi) is 4.74. The molecule has 4 rings (SSSR count). The maximum Gasteiger partial charge on any atom is 0.263 e. The van der Waals surface area contributed by atoms with Gasteiger partial charge in [-0.15, -0.1) is 0 Å². The number of rotatable bonds is 4. The molecule has 0 aliphatic rings. The van der Waals surface area contributed by atoms with E-state index in [1.807, 2.05) is 31.2 Å². The molecule has 0 atom stereocenters. The molecule has 0 spiro atoms. The lowest BCUT2D eigenvalue weighted by Crippen LogP contribution is -2.02. The van der Waals surface area contributed by atoms with Crippen LogP contribution in [0.25, 0.3) is 22.6 Å². The Labute approximate surface area is 170 Å². The summed E-state index contributed by atoms with van der Waals surface area (Å²) < 4.78 is 5.82. The number of nitrogens with zero attached hydrogens (tertiary/aromatic N) is 3. The van der Waals surface area contributed by atoms with Crippen LogP contribution in [0.2, 0.25) is 5.02 Å². The molecule has 0 amide bonds. The van der Waals surface area contributed by atoms with Crippen LogP contribution in [0.3, 0.4) is 0 Å². The van der Waals surface area contributed by atoms with Crippen molar-refractivity contribution < 1.29 is 14.4 Å². The molecule has 8 heteroatoms. The number of nitro benzene ring substituents is 1. The molecule has 0 unspecified atom stereocenters. The second-order valence-electron chi connectivity index (χ2n) is 6.35. The van der Waals surface area contributed by atoms with Gasteiger partial charge in [0.2, 0.25) is 5.89 Å². The summed E-state index contributed by atoms with van der Waals surface area (Å²) in [5.41, 5.74) is 3.19. The summed E-state index contributed by atoms with van der Waals surface area (Å²) in [6.07, 6.45) is 1.26. The average Bonchev–Trinajstić information content (AvgIpc) is 3.14. The summed E-state index contributed by atoms with van der Waals surface area (Å²) >= 11 is 5.88. The number of nitro groups is 1. The van der Waals surface area contributed by atoms with Gasteiger partial charge in [0.25, 0.3) is 5.69 Å². The number of aryl methyl sites for hydroxylation is 1. The molecular formula is C21H13ClN3O4-. The number of halogens is 1. The van der Waals surface area contributed by atoms with Gasteiger partial charge in [0.1, 0.15) is 5.52 Å². The van der Waals surface area contributed by atoms with Gasteiger partial charge >= 0.3 is 0 Å². The fraction of sp³-hybridized carbons (Fsp3) is 0.0476. The van der Waals surface area contributed by atoms with Crippen LogP contribution in [0.5, 0.6) is 5.75 Å². The summed E-state index contributed by atoms with van der Waals surface area (Å²) in [7, 11) is 0. The van der Waals surface area contributed by atoms with Crippen molar-refractivity contribution >= 4 is 40.3 Å². The minimum atomic E-state index is -0.762. The number of aromatic nitrogens is 1. The first-order valence-corrected chi connectivity index (χ1v) is 8.96. The normalized spacial score (nSPS) is 11.4. The van der Waals surface area contributed by atoms with E-state index in [9.17, 15) is 15.2 Å². The maximum atomic E-state index is 12.2. The van der Waals surface area contributed by atoms with Crippen molar-refractivity contribution in [1.29, 1.82) is 0 Å². The molecule has 0 saturated carbocycles. The van der Waals surface area contributed by atoms with Gasteiger partial charge in [0.15, 0.2) is 5.58 Å². The molecule has 7 nitrogen and oxygen atoms in total. The van der Waals surface area contributed by atoms with E-state index in [2.05, 4.69) is 9.98 Å². The topological polar surface area (TPSA) is 105 Å². The zero-order valence-corrected chi connectivity index (χ0v) is 15.9. The molecule has 1 heterocycles. The number of aliphatic imine (C=N–C) groups is 1. The highest BCUT2D eigenvalue weighted by molar-refractivity contribution is 6.31. The number of benzene rings is 3. The van der Waals surface area contributed by atoms with Crippen molar-refractivity contribution in [3.8, 4) is 17.2 Å². The van der Waals surface area contributed by atoms with E-state index in [0.717, 1.165) is 22.7 Å². The third kappa shape index (κ3) is 3.68.